The van der Waals surface area contributed by atoms with Crippen molar-refractivity contribution in [2.75, 3.05) is 20.0 Å². The molecule has 0 spiro atoms. The van der Waals surface area contributed by atoms with Gasteiger partial charge >= 0.3 is 0 Å². The van der Waals surface area contributed by atoms with Crippen LogP contribution in [0.5, 0.6) is 0 Å². The molecular weight excluding hydrogens is 181 g/mol. The van der Waals surface area contributed by atoms with Gasteiger partial charge < -0.3 is 0 Å². The quantitative estimate of drug-likeness (QED) is 0.494. The fourth-order valence-electron chi connectivity index (χ4n) is 1.22. The lowest BCUT2D eigenvalue weighted by molar-refractivity contribution is 1.82. The van der Waals surface area contributed by atoms with Gasteiger partial charge in [-0.05, 0) is 30.6 Å². The topological polar surface area (TPSA) is 0 Å². The molecular formula is C9H15BP2. The average molecular weight is 196 g/mol. The van der Waals surface area contributed by atoms with E-state index in [-0.39, 0.29) is 15.7 Å². The highest BCUT2D eigenvalue weighted by atomic mass is 31.1. The van der Waals surface area contributed by atoms with E-state index in [4.69, 9.17) is 0 Å². The Hall–Kier alpha value is 0.145. The van der Waals surface area contributed by atoms with Crippen LogP contribution in [0, 0.1) is 0 Å². The molecule has 3 heteroatoms. The molecule has 0 aliphatic carbocycles. The van der Waals surface area contributed by atoms with Crippen LogP contribution in [0.25, 0.3) is 0 Å². The van der Waals surface area contributed by atoms with Crippen molar-refractivity contribution in [2.45, 2.75) is 0 Å². The van der Waals surface area contributed by atoms with E-state index in [0.29, 0.717) is 0 Å². The van der Waals surface area contributed by atoms with Crippen molar-refractivity contribution >= 4 is 33.9 Å². The first-order valence-corrected chi connectivity index (χ1v) is 8.54. The Morgan fingerprint density at radius 3 is 1.83 bits per heavy atom. The van der Waals surface area contributed by atoms with Gasteiger partial charge in [0.1, 0.15) is 7.57 Å². The van der Waals surface area contributed by atoms with Gasteiger partial charge in [-0.1, -0.05) is 32.2 Å². The lowest BCUT2D eigenvalue weighted by Gasteiger charge is -2.15. The van der Waals surface area contributed by atoms with Gasteiger partial charge in [-0.15, -0.1) is 7.80 Å². The van der Waals surface area contributed by atoms with Gasteiger partial charge in [0.2, 0.25) is 0 Å². The van der Waals surface area contributed by atoms with Gasteiger partial charge in [0, 0.05) is 0 Å². The summed E-state index contributed by atoms with van der Waals surface area (Å²) in [4.78, 5) is 0. The zero-order chi connectivity index (χ0) is 9.14. The molecule has 64 valence electrons. The first-order chi connectivity index (χ1) is 5.63. The average Bonchev–Trinajstić information content (AvgIpc) is 2.04. The van der Waals surface area contributed by atoms with E-state index in [1.165, 1.54) is 0 Å². The number of hydrogen-bond acceptors (Lipinski definition) is 0. The largest absolute Gasteiger partial charge is 0.139 e. The normalized spacial score (nSPS) is 13.3. The van der Waals surface area contributed by atoms with E-state index in [1.807, 2.05) is 0 Å². The van der Waals surface area contributed by atoms with Crippen LogP contribution in [0.2, 0.25) is 0 Å². The minimum atomic E-state index is 0.0674. The van der Waals surface area contributed by atoms with E-state index in [0.717, 1.165) is 0 Å². The maximum absolute atomic E-state index is 2.33. The number of benzene rings is 1. The van der Waals surface area contributed by atoms with Crippen LogP contribution >= 0.6 is 15.7 Å². The Kier molecular flexibility index (Phi) is 3.75. The van der Waals surface area contributed by atoms with E-state index >= 15 is 0 Å². The molecule has 0 N–H and O–H groups in total. The summed E-state index contributed by atoms with van der Waals surface area (Å²) in [6, 6.07) is 8.87. The monoisotopic (exact) mass is 196 g/mol. The van der Waals surface area contributed by atoms with Crippen LogP contribution in [0.1, 0.15) is 0 Å². The van der Waals surface area contributed by atoms with Crippen molar-refractivity contribution < 1.29 is 0 Å². The van der Waals surface area contributed by atoms with Crippen molar-refractivity contribution in [1.82, 2.24) is 0 Å². The molecule has 0 saturated heterocycles. The predicted molar refractivity (Wildman–Crippen MR) is 65.9 cm³/mol. The Bertz CT molecular complexity index is 231. The van der Waals surface area contributed by atoms with Crippen LogP contribution in [-0.2, 0) is 0 Å². The van der Waals surface area contributed by atoms with Gasteiger partial charge in [0.05, 0.1) is 0 Å². The fraction of sp³-hybridized carbons (Fsp3) is 0.333. The smallest absolute Gasteiger partial charge is 0.121 e. The van der Waals surface area contributed by atoms with Crippen LogP contribution in [-0.4, -0.2) is 27.6 Å². The zero-order valence-corrected chi connectivity index (χ0v) is 9.99. The van der Waals surface area contributed by atoms with Gasteiger partial charge in [-0.2, -0.15) is 0 Å². The molecule has 0 amide bonds. The molecule has 0 aliphatic rings. The van der Waals surface area contributed by atoms with E-state index in [2.05, 4.69) is 51.8 Å². The van der Waals surface area contributed by atoms with Crippen LogP contribution in [0.15, 0.2) is 24.3 Å². The third-order valence-electron chi connectivity index (χ3n) is 1.85. The van der Waals surface area contributed by atoms with Crippen molar-refractivity contribution in [3.63, 3.8) is 0 Å². The molecule has 0 heterocycles. The Morgan fingerprint density at radius 1 is 1.00 bits per heavy atom. The van der Waals surface area contributed by atoms with Crippen molar-refractivity contribution in [3.05, 3.63) is 24.3 Å². The minimum Gasteiger partial charge on any atom is -0.121 e. The first kappa shape index (κ1) is 10.2. The predicted octanol–water partition coefficient (Wildman–Crippen LogP) is 1.34. The van der Waals surface area contributed by atoms with E-state index < -0.39 is 0 Å². The van der Waals surface area contributed by atoms with Gasteiger partial charge in [0.25, 0.3) is 0 Å². The summed E-state index contributed by atoms with van der Waals surface area (Å²) in [5.41, 5.74) is 0. The van der Waals surface area contributed by atoms with E-state index in [9.17, 15) is 0 Å². The van der Waals surface area contributed by atoms with E-state index in [1.54, 1.807) is 10.6 Å². The molecule has 12 heavy (non-hydrogen) atoms. The van der Waals surface area contributed by atoms with Gasteiger partial charge in [-0.25, -0.2) is 0 Å². The summed E-state index contributed by atoms with van der Waals surface area (Å²) in [5, 5.41) is 3.17. The maximum atomic E-state index is 2.33. The maximum Gasteiger partial charge on any atom is 0.139 e. The number of hydrogen-bond donors (Lipinski definition) is 0. The van der Waals surface area contributed by atoms with Crippen LogP contribution in [0.3, 0.4) is 0 Å². The molecule has 0 nitrogen and oxygen atoms in total. The fourth-order valence-corrected chi connectivity index (χ4v) is 4.25. The van der Waals surface area contributed by atoms with Crippen LogP contribution < -0.4 is 10.6 Å². The molecule has 1 rings (SSSR count). The molecule has 1 unspecified atom stereocenters. The molecule has 1 atom stereocenters. The van der Waals surface area contributed by atoms with Crippen molar-refractivity contribution in [3.8, 4) is 0 Å². The van der Waals surface area contributed by atoms with Crippen molar-refractivity contribution in [2.24, 2.45) is 0 Å². The summed E-state index contributed by atoms with van der Waals surface area (Å²) in [5.74, 6) is 0. The second kappa shape index (κ2) is 4.40. The van der Waals surface area contributed by atoms with Crippen LogP contribution in [0.4, 0.5) is 0 Å². The lowest BCUT2D eigenvalue weighted by Crippen LogP contribution is -2.20. The molecule has 0 bridgehead atoms. The first-order valence-electron chi connectivity index (χ1n) is 4.06. The third-order valence-corrected chi connectivity index (χ3v) is 4.73. The summed E-state index contributed by atoms with van der Waals surface area (Å²) >= 11 is 0. The van der Waals surface area contributed by atoms with Gasteiger partial charge in [0.15, 0.2) is 0 Å². The molecule has 0 aliphatic heterocycles. The third kappa shape index (κ3) is 2.31. The highest BCUT2D eigenvalue weighted by Crippen LogP contribution is 2.29. The summed E-state index contributed by atoms with van der Waals surface area (Å²) in [7, 11) is 2.46. The highest BCUT2D eigenvalue weighted by Gasteiger charge is 2.06. The van der Waals surface area contributed by atoms with Gasteiger partial charge in [-0.3, -0.25) is 0 Å². The summed E-state index contributed by atoms with van der Waals surface area (Å²) in [6.07, 6.45) is 0. The molecule has 1 aromatic rings. The molecule has 0 fully saturated rings. The molecule has 0 aromatic heterocycles. The molecule has 0 saturated carbocycles. The number of rotatable bonds is 2. The summed E-state index contributed by atoms with van der Waals surface area (Å²) < 4.78 is 0. The zero-order valence-electron chi connectivity index (χ0n) is 8.20. The second-order valence-corrected chi connectivity index (χ2v) is 7.82. The Labute approximate surface area is 78.6 Å². The Morgan fingerprint density at radius 2 is 1.50 bits per heavy atom. The minimum absolute atomic E-state index is 0.0674. The second-order valence-electron chi connectivity index (χ2n) is 3.28. The van der Waals surface area contributed by atoms with Crippen molar-refractivity contribution in [1.29, 1.82) is 0 Å². The summed E-state index contributed by atoms with van der Waals surface area (Å²) in [6.45, 7) is 6.98. The lowest BCUT2D eigenvalue weighted by atomic mass is 10.4. The molecule has 0 radical (unpaired) electrons. The Balaban J connectivity index is 3.09. The standard InChI is InChI=1S/C9H15BP2/c1-11(2)8-6-4-5-7-9(8)12(3)10/h4-7H,10H2,1-3H3. The molecule has 1 aromatic carbocycles. The highest BCUT2D eigenvalue weighted by molar-refractivity contribution is 7.89. The SMILES string of the molecule is BP(C)c1ccccc1P(C)C.